The van der Waals surface area contributed by atoms with Gasteiger partial charge in [0.2, 0.25) is 0 Å². The van der Waals surface area contributed by atoms with E-state index in [4.69, 9.17) is 9.79 Å². The van der Waals surface area contributed by atoms with Gasteiger partial charge in [0.25, 0.3) is 0 Å². The molecule has 0 aromatic rings. The zero-order valence-electron chi connectivity index (χ0n) is 18.3. The molecule has 10 heteroatoms. The van der Waals surface area contributed by atoms with Gasteiger partial charge in [0.1, 0.15) is 12.2 Å². The second-order valence-electron chi connectivity index (χ2n) is 10.4. The number of rotatable bonds is 4. The molecule has 4 rings (SSSR count). The van der Waals surface area contributed by atoms with Crippen LogP contribution in [0.2, 0.25) is 0 Å². The molecule has 0 aromatic carbocycles. The smallest absolute Gasteiger partial charge is 0.390 e. The maximum Gasteiger partial charge on any atom is 0.470 e. The molecule has 0 aromatic heterocycles. The molecule has 3 saturated carbocycles. The van der Waals surface area contributed by atoms with Crippen LogP contribution in [0.15, 0.2) is 23.8 Å². The average Bonchev–Trinajstić information content (AvgIpc) is 2.89. The summed E-state index contributed by atoms with van der Waals surface area (Å²) < 4.78 is 32.5. The quantitative estimate of drug-likeness (QED) is 0.456. The number of aliphatic hydroxyl groups excluding tert-OH is 1. The minimum absolute atomic E-state index is 0.211. The Morgan fingerprint density at radius 1 is 1.31 bits per heavy atom. The molecule has 0 bridgehead atoms. The van der Waals surface area contributed by atoms with E-state index in [1.807, 2.05) is 0 Å². The highest BCUT2D eigenvalue weighted by molar-refractivity contribution is 7.46. The van der Waals surface area contributed by atoms with Gasteiger partial charge < -0.3 is 20.0 Å². The molecule has 4 aliphatic rings. The Labute approximate surface area is 185 Å². The fourth-order valence-corrected chi connectivity index (χ4v) is 7.68. The monoisotopic (exact) mass is 472 g/mol. The lowest BCUT2D eigenvalue weighted by Crippen LogP contribution is -2.69. The van der Waals surface area contributed by atoms with Gasteiger partial charge in [0.05, 0.1) is 6.10 Å². The Hall–Kier alpha value is -1.22. The van der Waals surface area contributed by atoms with E-state index in [-0.39, 0.29) is 12.2 Å². The van der Waals surface area contributed by atoms with Crippen molar-refractivity contribution in [2.45, 2.75) is 63.8 Å². The van der Waals surface area contributed by atoms with Crippen LogP contribution in [0.25, 0.3) is 0 Å². The molecular formula is C22H30FO8P. The minimum Gasteiger partial charge on any atom is -0.390 e. The van der Waals surface area contributed by atoms with Gasteiger partial charge in [-0.3, -0.25) is 14.1 Å². The van der Waals surface area contributed by atoms with Crippen molar-refractivity contribution in [1.82, 2.24) is 0 Å². The summed E-state index contributed by atoms with van der Waals surface area (Å²) in [6.07, 6.45) is 3.70. The van der Waals surface area contributed by atoms with Crippen molar-refractivity contribution in [1.29, 1.82) is 0 Å². The fourth-order valence-electron chi connectivity index (χ4n) is 7.39. The van der Waals surface area contributed by atoms with Crippen molar-refractivity contribution in [3.63, 3.8) is 0 Å². The third-order valence-electron chi connectivity index (χ3n) is 9.01. The highest BCUT2D eigenvalue weighted by atomic mass is 31.2. The molecule has 8 nitrogen and oxygen atoms in total. The van der Waals surface area contributed by atoms with Crippen LogP contribution < -0.4 is 0 Å². The van der Waals surface area contributed by atoms with Gasteiger partial charge in [-0.15, -0.1) is 0 Å². The topological polar surface area (TPSA) is 141 Å². The third-order valence-corrected chi connectivity index (χ3v) is 9.48. The van der Waals surface area contributed by atoms with Crippen molar-refractivity contribution < 1.29 is 43.1 Å². The maximum atomic E-state index is 17.0. The predicted octanol–water partition coefficient (Wildman–Crippen LogP) is 2.01. The number of phosphoric acid groups is 1. The van der Waals surface area contributed by atoms with Crippen molar-refractivity contribution in [2.75, 3.05) is 6.61 Å². The molecule has 3 fully saturated rings. The van der Waals surface area contributed by atoms with Crippen molar-refractivity contribution in [2.24, 2.45) is 28.6 Å². The SMILES string of the molecule is C[C@H]1C[C@@H]2[C@H]3CCC4=CC(=O)C=C[C@]4(C)[C@]3(F)[C@H](O)C[C@@]2(C)[C@]1(O)C(=O)COP(=O)(O)O. The number of hydrogen-bond donors (Lipinski definition) is 4. The highest BCUT2D eigenvalue weighted by Crippen LogP contribution is 2.70. The standard InChI is InChI=1S/C22H30FO8P/c1-12-8-16-15-5-4-13-9-14(24)6-7-19(13,2)21(15,23)17(25)10-20(16,3)22(12,27)18(26)11-31-32(28,29)30/h6-7,9,12,15-17,25,27H,4-5,8,10-11H2,1-3H3,(H2,28,29,30)/t12-,15+,16+,17+,19-,20+,21+,22+/m0/s1. The molecule has 0 amide bonds. The molecule has 4 N–H and O–H groups in total. The highest BCUT2D eigenvalue weighted by Gasteiger charge is 2.75. The number of carbonyl (C=O) groups is 2. The van der Waals surface area contributed by atoms with Gasteiger partial charge in [0, 0.05) is 16.7 Å². The van der Waals surface area contributed by atoms with Crippen LogP contribution in [0.4, 0.5) is 4.39 Å². The fraction of sp³-hybridized carbons (Fsp3) is 0.727. The summed E-state index contributed by atoms with van der Waals surface area (Å²) in [5, 5.41) is 22.8. The number of halogens is 1. The number of alkyl halides is 1. The first-order valence-corrected chi connectivity index (χ1v) is 12.4. The number of phosphoric ester groups is 1. The summed E-state index contributed by atoms with van der Waals surface area (Å²) >= 11 is 0. The lowest BCUT2D eigenvalue weighted by atomic mass is 9.44. The molecule has 0 aliphatic heterocycles. The molecule has 0 spiro atoms. The van der Waals surface area contributed by atoms with E-state index in [1.165, 1.54) is 18.2 Å². The Morgan fingerprint density at radius 2 is 1.97 bits per heavy atom. The molecule has 0 radical (unpaired) electrons. The van der Waals surface area contributed by atoms with Crippen LogP contribution in [0.3, 0.4) is 0 Å². The summed E-state index contributed by atoms with van der Waals surface area (Å²) in [7, 11) is -4.93. The second-order valence-corrected chi connectivity index (χ2v) is 11.6. The van der Waals surface area contributed by atoms with Crippen LogP contribution in [-0.4, -0.2) is 55.5 Å². The van der Waals surface area contributed by atoms with Crippen LogP contribution in [0, 0.1) is 28.6 Å². The maximum absolute atomic E-state index is 17.0. The van der Waals surface area contributed by atoms with Crippen molar-refractivity contribution in [3.05, 3.63) is 23.8 Å². The number of carbonyl (C=O) groups excluding carboxylic acids is 2. The number of Topliss-reactive ketones (excluding diaryl/α,β-unsaturated/α-hetero) is 1. The summed E-state index contributed by atoms with van der Waals surface area (Å²) in [5.41, 5.74) is -5.88. The Balaban J connectivity index is 1.74. The minimum atomic E-state index is -4.93. The van der Waals surface area contributed by atoms with Crippen molar-refractivity contribution in [3.8, 4) is 0 Å². The number of aliphatic hydroxyl groups is 2. The van der Waals surface area contributed by atoms with E-state index < -0.39 is 66.2 Å². The predicted molar refractivity (Wildman–Crippen MR) is 111 cm³/mol. The first-order valence-electron chi connectivity index (χ1n) is 10.9. The second kappa shape index (κ2) is 7.14. The zero-order chi connectivity index (χ0) is 23.9. The van der Waals surface area contributed by atoms with E-state index in [0.717, 1.165) is 0 Å². The third kappa shape index (κ3) is 2.95. The van der Waals surface area contributed by atoms with E-state index in [0.29, 0.717) is 24.8 Å². The van der Waals surface area contributed by atoms with Gasteiger partial charge in [0.15, 0.2) is 17.2 Å². The molecule has 0 unspecified atom stereocenters. The lowest BCUT2D eigenvalue weighted by Gasteiger charge is -2.62. The molecule has 178 valence electrons. The number of fused-ring (bicyclic) bond motifs is 5. The Morgan fingerprint density at radius 3 is 2.59 bits per heavy atom. The van der Waals surface area contributed by atoms with Gasteiger partial charge in [-0.05, 0) is 56.6 Å². The van der Waals surface area contributed by atoms with Gasteiger partial charge in [-0.2, -0.15) is 0 Å². The molecule has 0 saturated heterocycles. The van der Waals surface area contributed by atoms with Gasteiger partial charge in [-0.25, -0.2) is 8.96 Å². The van der Waals surface area contributed by atoms with Gasteiger partial charge in [-0.1, -0.05) is 25.5 Å². The summed E-state index contributed by atoms with van der Waals surface area (Å²) in [6, 6.07) is 0. The van der Waals surface area contributed by atoms with Crippen LogP contribution in [0.1, 0.15) is 46.5 Å². The van der Waals surface area contributed by atoms with Crippen molar-refractivity contribution >= 4 is 19.4 Å². The summed E-state index contributed by atoms with van der Waals surface area (Å²) in [4.78, 5) is 42.8. The number of hydrogen-bond acceptors (Lipinski definition) is 6. The molecule has 4 aliphatic carbocycles. The van der Waals surface area contributed by atoms with E-state index in [1.54, 1.807) is 20.8 Å². The van der Waals surface area contributed by atoms with Crippen LogP contribution >= 0.6 is 7.82 Å². The van der Waals surface area contributed by atoms with Gasteiger partial charge >= 0.3 is 7.82 Å². The molecular weight excluding hydrogens is 442 g/mol. The number of ketones is 2. The normalized spacial score (nSPS) is 48.0. The van der Waals surface area contributed by atoms with Crippen LogP contribution in [0.5, 0.6) is 0 Å². The number of allylic oxidation sites excluding steroid dienone is 4. The van der Waals surface area contributed by atoms with E-state index >= 15 is 4.39 Å². The molecule has 0 heterocycles. The summed E-state index contributed by atoms with van der Waals surface area (Å²) in [5.74, 6) is -2.87. The van der Waals surface area contributed by atoms with E-state index in [2.05, 4.69) is 4.52 Å². The largest absolute Gasteiger partial charge is 0.470 e. The van der Waals surface area contributed by atoms with Crippen LogP contribution in [-0.2, 0) is 18.7 Å². The summed E-state index contributed by atoms with van der Waals surface area (Å²) in [6.45, 7) is 4.00. The first-order chi connectivity index (χ1) is 14.6. The lowest BCUT2D eigenvalue weighted by molar-refractivity contribution is -0.219. The molecule has 8 atom stereocenters. The first kappa shape index (κ1) is 23.9. The Bertz CT molecular complexity index is 973. The Kier molecular flexibility index (Phi) is 5.34. The molecule has 32 heavy (non-hydrogen) atoms. The average molecular weight is 472 g/mol. The van der Waals surface area contributed by atoms with E-state index in [9.17, 15) is 24.4 Å². The zero-order valence-corrected chi connectivity index (χ0v) is 19.2.